The second-order valence-corrected chi connectivity index (χ2v) is 2.52. The van der Waals surface area contributed by atoms with Crippen LogP contribution in [0.25, 0.3) is 0 Å². The fraction of sp³-hybridized carbons (Fsp3) is 0.400. The molecule has 0 radical (unpaired) electrons. The number of halogens is 3. The van der Waals surface area contributed by atoms with Gasteiger partial charge in [0, 0.05) is 13.2 Å². The fourth-order valence-electron chi connectivity index (χ4n) is 0.678. The van der Waals surface area contributed by atoms with E-state index >= 15 is 0 Å². The standard InChI is InChI=1S/C5H5F3N2S/c1-10-2-3(11)4(9-10)5(6,7)8/h2,11H,1H3. The summed E-state index contributed by atoms with van der Waals surface area (Å²) in [5.41, 5.74) is -0.941. The summed E-state index contributed by atoms with van der Waals surface area (Å²) in [6.07, 6.45) is -3.20. The summed E-state index contributed by atoms with van der Waals surface area (Å²) in [6.45, 7) is 0. The van der Waals surface area contributed by atoms with Gasteiger partial charge in [-0.3, -0.25) is 4.68 Å². The number of hydrogen-bond donors (Lipinski definition) is 1. The lowest BCUT2D eigenvalue weighted by Gasteiger charge is -2.01. The van der Waals surface area contributed by atoms with Crippen molar-refractivity contribution in [3.05, 3.63) is 11.9 Å². The largest absolute Gasteiger partial charge is 0.436 e. The molecule has 1 aromatic heterocycles. The molecule has 0 aliphatic heterocycles. The molecule has 11 heavy (non-hydrogen) atoms. The van der Waals surface area contributed by atoms with Crippen molar-refractivity contribution in [2.45, 2.75) is 11.1 Å². The number of nitrogens with zero attached hydrogens (tertiary/aromatic N) is 2. The van der Waals surface area contributed by atoms with Crippen LogP contribution in [-0.2, 0) is 13.2 Å². The first-order valence-electron chi connectivity index (χ1n) is 2.71. The van der Waals surface area contributed by atoms with Gasteiger partial charge < -0.3 is 0 Å². The van der Waals surface area contributed by atoms with Gasteiger partial charge in [0.25, 0.3) is 0 Å². The molecule has 0 saturated carbocycles. The second-order valence-electron chi connectivity index (χ2n) is 2.03. The number of thiol groups is 1. The van der Waals surface area contributed by atoms with Gasteiger partial charge in [-0.2, -0.15) is 18.3 Å². The molecule has 0 atom stereocenters. The van der Waals surface area contributed by atoms with Crippen molar-refractivity contribution in [2.75, 3.05) is 0 Å². The van der Waals surface area contributed by atoms with E-state index in [0.717, 1.165) is 4.68 Å². The summed E-state index contributed by atoms with van der Waals surface area (Å²) in [6, 6.07) is 0. The topological polar surface area (TPSA) is 17.8 Å². The highest BCUT2D eigenvalue weighted by atomic mass is 32.1. The molecular formula is C5H5F3N2S. The van der Waals surface area contributed by atoms with Crippen LogP contribution in [0.2, 0.25) is 0 Å². The van der Waals surface area contributed by atoms with Gasteiger partial charge in [0.05, 0.1) is 4.90 Å². The molecule has 2 nitrogen and oxygen atoms in total. The van der Waals surface area contributed by atoms with Crippen molar-refractivity contribution in [1.82, 2.24) is 9.78 Å². The number of aromatic nitrogens is 2. The second kappa shape index (κ2) is 2.44. The first kappa shape index (κ1) is 8.45. The van der Waals surface area contributed by atoms with Crippen molar-refractivity contribution in [2.24, 2.45) is 7.05 Å². The Balaban J connectivity index is 3.13. The molecule has 1 aromatic rings. The van der Waals surface area contributed by atoms with Crippen LogP contribution < -0.4 is 0 Å². The third kappa shape index (κ3) is 1.68. The van der Waals surface area contributed by atoms with Crippen molar-refractivity contribution in [3.63, 3.8) is 0 Å². The van der Waals surface area contributed by atoms with Gasteiger partial charge >= 0.3 is 6.18 Å². The Bertz CT molecular complexity index is 265. The summed E-state index contributed by atoms with van der Waals surface area (Å²) in [5.74, 6) is 0. The van der Waals surface area contributed by atoms with Gasteiger partial charge in [0.2, 0.25) is 0 Å². The van der Waals surface area contributed by atoms with Crippen LogP contribution in [0.4, 0.5) is 13.2 Å². The van der Waals surface area contributed by atoms with E-state index in [4.69, 9.17) is 0 Å². The van der Waals surface area contributed by atoms with Gasteiger partial charge in [-0.15, -0.1) is 12.6 Å². The average molecular weight is 182 g/mol. The van der Waals surface area contributed by atoms with E-state index in [0.29, 0.717) is 0 Å². The highest BCUT2D eigenvalue weighted by molar-refractivity contribution is 7.80. The Morgan fingerprint density at radius 3 is 2.27 bits per heavy atom. The smallest absolute Gasteiger partial charge is 0.274 e. The molecule has 0 N–H and O–H groups in total. The maximum Gasteiger partial charge on any atom is 0.436 e. The third-order valence-electron chi connectivity index (χ3n) is 1.08. The molecule has 0 aromatic carbocycles. The van der Waals surface area contributed by atoms with Crippen LogP contribution in [0.15, 0.2) is 11.1 Å². The molecule has 0 spiro atoms. The van der Waals surface area contributed by atoms with Crippen molar-refractivity contribution in [3.8, 4) is 0 Å². The first-order chi connectivity index (χ1) is 4.91. The van der Waals surface area contributed by atoms with E-state index in [1.165, 1.54) is 13.2 Å². The van der Waals surface area contributed by atoms with Gasteiger partial charge in [0.15, 0.2) is 5.69 Å². The van der Waals surface area contributed by atoms with Crippen molar-refractivity contribution in [1.29, 1.82) is 0 Å². The summed E-state index contributed by atoms with van der Waals surface area (Å²) >= 11 is 3.61. The molecule has 0 aliphatic rings. The van der Waals surface area contributed by atoms with Crippen molar-refractivity contribution < 1.29 is 13.2 Å². The quantitative estimate of drug-likeness (QED) is 0.605. The van der Waals surface area contributed by atoms with Gasteiger partial charge in [-0.05, 0) is 0 Å². The SMILES string of the molecule is Cn1cc(S)c(C(F)(F)F)n1. The summed E-state index contributed by atoms with van der Waals surface area (Å²) in [7, 11) is 1.41. The molecule has 6 heteroatoms. The molecule has 0 unspecified atom stereocenters. The fourth-order valence-corrected chi connectivity index (χ4v) is 1.02. The zero-order valence-electron chi connectivity index (χ0n) is 5.55. The van der Waals surface area contributed by atoms with E-state index in [1.54, 1.807) is 0 Å². The molecule has 0 saturated heterocycles. The Hall–Kier alpha value is -0.650. The van der Waals surface area contributed by atoms with E-state index in [9.17, 15) is 13.2 Å². The number of alkyl halides is 3. The van der Waals surface area contributed by atoms with Gasteiger partial charge in [-0.1, -0.05) is 0 Å². The zero-order valence-corrected chi connectivity index (χ0v) is 6.45. The predicted molar refractivity (Wildman–Crippen MR) is 35.5 cm³/mol. The van der Waals surface area contributed by atoms with Crippen LogP contribution in [0, 0.1) is 0 Å². The minimum absolute atomic E-state index is 0.153. The van der Waals surface area contributed by atoms with Gasteiger partial charge in [0.1, 0.15) is 0 Å². The highest BCUT2D eigenvalue weighted by Gasteiger charge is 2.36. The summed E-state index contributed by atoms with van der Waals surface area (Å²) in [4.78, 5) is -0.153. The molecule has 62 valence electrons. The minimum Gasteiger partial charge on any atom is -0.274 e. The number of hydrogen-bond acceptors (Lipinski definition) is 2. The molecule has 0 bridgehead atoms. The zero-order chi connectivity index (χ0) is 8.65. The predicted octanol–water partition coefficient (Wildman–Crippen LogP) is 1.73. The van der Waals surface area contributed by atoms with Crippen LogP contribution in [-0.4, -0.2) is 9.78 Å². The Labute approximate surface area is 66.4 Å². The molecular weight excluding hydrogens is 177 g/mol. The van der Waals surface area contributed by atoms with Crippen LogP contribution in [0.5, 0.6) is 0 Å². The molecule has 0 amide bonds. The lowest BCUT2D eigenvalue weighted by Crippen LogP contribution is -2.07. The molecule has 1 rings (SSSR count). The Morgan fingerprint density at radius 2 is 2.09 bits per heavy atom. The maximum atomic E-state index is 11.9. The first-order valence-corrected chi connectivity index (χ1v) is 3.16. The Kier molecular flexibility index (Phi) is 1.87. The van der Waals surface area contributed by atoms with Crippen LogP contribution in [0.3, 0.4) is 0 Å². The Morgan fingerprint density at radius 1 is 1.55 bits per heavy atom. The summed E-state index contributed by atoms with van der Waals surface area (Å²) < 4.78 is 36.9. The maximum absolute atomic E-state index is 11.9. The molecule has 0 fully saturated rings. The highest BCUT2D eigenvalue weighted by Crippen LogP contribution is 2.31. The lowest BCUT2D eigenvalue weighted by atomic mass is 10.4. The third-order valence-corrected chi connectivity index (χ3v) is 1.41. The monoisotopic (exact) mass is 182 g/mol. The van der Waals surface area contributed by atoms with E-state index in [-0.39, 0.29) is 4.90 Å². The normalized spacial score (nSPS) is 12.1. The number of rotatable bonds is 0. The van der Waals surface area contributed by atoms with Crippen LogP contribution in [0.1, 0.15) is 5.69 Å². The van der Waals surface area contributed by atoms with Crippen molar-refractivity contribution >= 4 is 12.6 Å². The average Bonchev–Trinajstić information content (AvgIpc) is 2.08. The molecule has 0 aliphatic carbocycles. The summed E-state index contributed by atoms with van der Waals surface area (Å²) in [5, 5.41) is 3.20. The van der Waals surface area contributed by atoms with Gasteiger partial charge in [-0.25, -0.2) is 0 Å². The minimum atomic E-state index is -4.40. The number of aryl methyl sites for hydroxylation is 1. The van der Waals surface area contributed by atoms with E-state index < -0.39 is 11.9 Å². The van der Waals surface area contributed by atoms with E-state index in [2.05, 4.69) is 17.7 Å². The van der Waals surface area contributed by atoms with Crippen LogP contribution >= 0.6 is 12.6 Å². The lowest BCUT2D eigenvalue weighted by molar-refractivity contribution is -0.143. The molecule has 1 heterocycles. The van der Waals surface area contributed by atoms with E-state index in [1.807, 2.05) is 0 Å².